The van der Waals surface area contributed by atoms with Gasteiger partial charge in [0.1, 0.15) is 11.4 Å². The van der Waals surface area contributed by atoms with Crippen LogP contribution in [0.2, 0.25) is 5.02 Å². The molecule has 1 aromatic heterocycles. The van der Waals surface area contributed by atoms with Crippen molar-refractivity contribution in [3.05, 3.63) is 53.2 Å². The molecule has 2 N–H and O–H groups in total. The predicted octanol–water partition coefficient (Wildman–Crippen LogP) is 5.20. The quantitative estimate of drug-likeness (QED) is 0.527. The molecule has 0 bridgehead atoms. The first-order chi connectivity index (χ1) is 14.6. The summed E-state index contributed by atoms with van der Waals surface area (Å²) in [6, 6.07) is 13.9. The summed E-state index contributed by atoms with van der Waals surface area (Å²) in [5.41, 5.74) is 1.46. The van der Waals surface area contributed by atoms with Crippen LogP contribution < -0.4 is 10.1 Å². The van der Waals surface area contributed by atoms with Gasteiger partial charge in [-0.25, -0.2) is 0 Å². The first kappa shape index (κ1) is 21.1. The fourth-order valence-corrected chi connectivity index (χ4v) is 5.17. The zero-order chi connectivity index (χ0) is 21.1. The van der Waals surface area contributed by atoms with Gasteiger partial charge < -0.3 is 15.0 Å². The summed E-state index contributed by atoms with van der Waals surface area (Å²) in [5.74, 6) is 0.674. The number of hydrogen-bond acceptors (Lipinski definition) is 4. The summed E-state index contributed by atoms with van der Waals surface area (Å²) in [5, 5.41) is 4.84. The Morgan fingerprint density at radius 2 is 2.10 bits per heavy atom. The maximum atomic E-state index is 13.2. The van der Waals surface area contributed by atoms with E-state index in [0.717, 1.165) is 46.0 Å². The molecule has 7 heteroatoms. The van der Waals surface area contributed by atoms with Gasteiger partial charge in [-0.15, -0.1) is 0 Å². The van der Waals surface area contributed by atoms with E-state index in [1.807, 2.05) is 42.5 Å². The molecule has 0 aliphatic carbocycles. The van der Waals surface area contributed by atoms with E-state index in [4.69, 9.17) is 16.3 Å². The molecule has 1 atom stereocenters. The number of fused-ring (bicyclic) bond motifs is 1. The molecule has 1 aliphatic rings. The van der Waals surface area contributed by atoms with Crippen LogP contribution in [-0.4, -0.2) is 48.6 Å². The first-order valence-corrected chi connectivity index (χ1v) is 11.4. The number of ether oxygens (including phenoxy) is 1. The number of hydrogen-bond donors (Lipinski definition) is 2. The van der Waals surface area contributed by atoms with Crippen LogP contribution in [0.3, 0.4) is 0 Å². The van der Waals surface area contributed by atoms with Crippen LogP contribution in [0.25, 0.3) is 10.9 Å². The Morgan fingerprint density at radius 3 is 2.83 bits per heavy atom. The number of nitrogens with zero attached hydrogens (tertiary/aromatic N) is 1. The normalized spacial score (nSPS) is 16.8. The van der Waals surface area contributed by atoms with Gasteiger partial charge in [-0.05, 0) is 62.3 Å². The SMILES string of the molecule is CCN1CCC[C@@H]1CNC(=O)c1[nH]c2cc(OC)ccc2c1Sc1ccc(Cl)cc1. The van der Waals surface area contributed by atoms with Crippen molar-refractivity contribution in [2.75, 3.05) is 26.7 Å². The molecule has 3 aromatic rings. The largest absolute Gasteiger partial charge is 0.497 e. The van der Waals surface area contributed by atoms with Crippen LogP contribution in [-0.2, 0) is 0 Å². The lowest BCUT2D eigenvalue weighted by Gasteiger charge is -2.22. The minimum absolute atomic E-state index is 0.0791. The number of carbonyl (C=O) groups is 1. The molecule has 30 heavy (non-hydrogen) atoms. The number of nitrogens with one attached hydrogen (secondary N) is 2. The molecule has 2 heterocycles. The number of carbonyl (C=O) groups excluding carboxylic acids is 1. The van der Waals surface area contributed by atoms with Crippen molar-refractivity contribution in [2.45, 2.75) is 35.6 Å². The van der Waals surface area contributed by atoms with Gasteiger partial charge in [0, 0.05) is 34.0 Å². The van der Waals surface area contributed by atoms with E-state index in [2.05, 4.69) is 22.1 Å². The molecular weight excluding hydrogens is 418 g/mol. The molecule has 4 rings (SSSR count). The second kappa shape index (κ2) is 9.33. The van der Waals surface area contributed by atoms with Crippen molar-refractivity contribution in [3.63, 3.8) is 0 Å². The van der Waals surface area contributed by atoms with Crippen LogP contribution in [0, 0.1) is 0 Å². The van der Waals surface area contributed by atoms with Gasteiger partial charge in [-0.2, -0.15) is 0 Å². The van der Waals surface area contributed by atoms with E-state index in [0.29, 0.717) is 23.3 Å². The third-order valence-corrected chi connectivity index (χ3v) is 7.01. The number of amides is 1. The predicted molar refractivity (Wildman–Crippen MR) is 123 cm³/mol. The molecule has 0 saturated carbocycles. The lowest BCUT2D eigenvalue weighted by atomic mass is 10.2. The Morgan fingerprint density at radius 1 is 1.30 bits per heavy atom. The van der Waals surface area contributed by atoms with E-state index in [1.165, 1.54) is 6.42 Å². The average molecular weight is 444 g/mol. The Bertz CT molecular complexity index is 1030. The van der Waals surface area contributed by atoms with E-state index in [1.54, 1.807) is 18.9 Å². The Balaban J connectivity index is 1.63. The number of aromatic nitrogens is 1. The highest BCUT2D eigenvalue weighted by Crippen LogP contribution is 2.38. The van der Waals surface area contributed by atoms with Crippen molar-refractivity contribution >= 4 is 40.2 Å². The van der Waals surface area contributed by atoms with Gasteiger partial charge in [0.15, 0.2) is 0 Å². The number of benzene rings is 2. The Labute approximate surface area is 186 Å². The van der Waals surface area contributed by atoms with Gasteiger partial charge >= 0.3 is 0 Å². The minimum atomic E-state index is -0.0791. The molecule has 1 saturated heterocycles. The summed E-state index contributed by atoms with van der Waals surface area (Å²) in [7, 11) is 1.64. The first-order valence-electron chi connectivity index (χ1n) is 10.2. The monoisotopic (exact) mass is 443 g/mol. The van der Waals surface area contributed by atoms with E-state index in [-0.39, 0.29) is 5.91 Å². The van der Waals surface area contributed by atoms with Crippen LogP contribution in [0.4, 0.5) is 0 Å². The van der Waals surface area contributed by atoms with E-state index < -0.39 is 0 Å². The van der Waals surface area contributed by atoms with Gasteiger partial charge in [-0.1, -0.05) is 30.3 Å². The highest BCUT2D eigenvalue weighted by atomic mass is 35.5. The van der Waals surface area contributed by atoms with Gasteiger partial charge in [0.25, 0.3) is 5.91 Å². The number of halogens is 1. The number of methoxy groups -OCH3 is 1. The zero-order valence-corrected chi connectivity index (χ0v) is 18.8. The lowest BCUT2D eigenvalue weighted by Crippen LogP contribution is -2.40. The fraction of sp³-hybridized carbons (Fsp3) is 0.348. The van der Waals surface area contributed by atoms with Gasteiger partial charge in [-0.3, -0.25) is 9.69 Å². The number of likely N-dealkylation sites (N-methyl/N-ethyl adjacent to an activating group) is 1. The summed E-state index contributed by atoms with van der Waals surface area (Å²) < 4.78 is 5.35. The number of aromatic amines is 1. The number of rotatable bonds is 7. The second-order valence-electron chi connectivity index (χ2n) is 7.43. The summed E-state index contributed by atoms with van der Waals surface area (Å²) in [6.45, 7) is 4.97. The number of likely N-dealkylation sites (tertiary alicyclic amines) is 1. The Hall–Kier alpha value is -2.15. The fourth-order valence-electron chi connectivity index (χ4n) is 4.01. The van der Waals surface area contributed by atoms with Crippen molar-refractivity contribution in [1.82, 2.24) is 15.2 Å². The van der Waals surface area contributed by atoms with Crippen LogP contribution in [0.15, 0.2) is 52.3 Å². The molecule has 1 aliphatic heterocycles. The molecule has 1 amide bonds. The molecule has 0 radical (unpaired) electrons. The van der Waals surface area contributed by atoms with E-state index >= 15 is 0 Å². The highest BCUT2D eigenvalue weighted by Gasteiger charge is 2.25. The van der Waals surface area contributed by atoms with Crippen LogP contribution in [0.1, 0.15) is 30.3 Å². The smallest absolute Gasteiger partial charge is 0.268 e. The summed E-state index contributed by atoms with van der Waals surface area (Å²) in [6.07, 6.45) is 2.32. The second-order valence-corrected chi connectivity index (χ2v) is 8.95. The maximum Gasteiger partial charge on any atom is 0.268 e. The third-order valence-electron chi connectivity index (χ3n) is 5.62. The van der Waals surface area contributed by atoms with Crippen LogP contribution in [0.5, 0.6) is 5.75 Å². The molecular formula is C23H26ClN3O2S. The van der Waals surface area contributed by atoms with Gasteiger partial charge in [0.2, 0.25) is 0 Å². The van der Waals surface area contributed by atoms with Crippen molar-refractivity contribution in [1.29, 1.82) is 0 Å². The van der Waals surface area contributed by atoms with Gasteiger partial charge in [0.05, 0.1) is 17.5 Å². The maximum absolute atomic E-state index is 13.2. The molecule has 2 aromatic carbocycles. The van der Waals surface area contributed by atoms with E-state index in [9.17, 15) is 4.79 Å². The Kier molecular flexibility index (Phi) is 6.56. The molecule has 5 nitrogen and oxygen atoms in total. The molecule has 0 unspecified atom stereocenters. The summed E-state index contributed by atoms with van der Waals surface area (Å²) in [4.78, 5) is 20.8. The molecule has 0 spiro atoms. The zero-order valence-electron chi connectivity index (χ0n) is 17.2. The van der Waals surface area contributed by atoms with Crippen molar-refractivity contribution < 1.29 is 9.53 Å². The molecule has 1 fully saturated rings. The lowest BCUT2D eigenvalue weighted by molar-refractivity contribution is 0.0934. The van der Waals surface area contributed by atoms with Crippen LogP contribution >= 0.6 is 23.4 Å². The number of H-pyrrole nitrogens is 1. The standard InChI is InChI=1S/C23H26ClN3O2S/c1-3-27-12-4-5-16(27)14-25-23(28)21-22(30-18-9-6-15(24)7-10-18)19-11-8-17(29-2)13-20(19)26-21/h6-11,13,16,26H,3-5,12,14H2,1-2H3,(H,25,28)/t16-/m1/s1. The average Bonchev–Trinajstić information content (AvgIpc) is 3.37. The van der Waals surface area contributed by atoms with Crippen molar-refractivity contribution in [2.24, 2.45) is 0 Å². The minimum Gasteiger partial charge on any atom is -0.497 e. The van der Waals surface area contributed by atoms with Crippen molar-refractivity contribution in [3.8, 4) is 5.75 Å². The topological polar surface area (TPSA) is 57.4 Å². The highest BCUT2D eigenvalue weighted by molar-refractivity contribution is 7.99. The summed E-state index contributed by atoms with van der Waals surface area (Å²) >= 11 is 7.60. The molecule has 158 valence electrons. The third kappa shape index (κ3) is 4.46.